The summed E-state index contributed by atoms with van der Waals surface area (Å²) in [6, 6.07) is 8.05. The number of hydrogen-bond acceptors (Lipinski definition) is 8. The number of benzene rings is 1. The molecule has 4 aromatic rings. The second-order valence-corrected chi connectivity index (χ2v) is 5.38. The summed E-state index contributed by atoms with van der Waals surface area (Å²) in [6.45, 7) is 0. The zero-order valence-electron chi connectivity index (χ0n) is 14.0. The van der Waals surface area contributed by atoms with E-state index in [-0.39, 0.29) is 17.0 Å². The third-order valence-corrected chi connectivity index (χ3v) is 3.74. The molecule has 0 saturated carbocycles. The first-order valence-corrected chi connectivity index (χ1v) is 7.75. The Bertz CT molecular complexity index is 1190. The number of aromatic nitrogens is 5. The van der Waals surface area contributed by atoms with Crippen molar-refractivity contribution in [1.82, 2.24) is 24.7 Å². The van der Waals surface area contributed by atoms with Crippen LogP contribution in [0.1, 0.15) is 10.4 Å². The van der Waals surface area contributed by atoms with Gasteiger partial charge in [-0.3, -0.25) is 4.79 Å². The summed E-state index contributed by atoms with van der Waals surface area (Å²) < 4.78 is 11.8. The average molecular weight is 364 g/mol. The van der Waals surface area contributed by atoms with Gasteiger partial charge < -0.3 is 14.5 Å². The van der Waals surface area contributed by atoms with E-state index in [0.717, 1.165) is 0 Å². The molecule has 0 radical (unpaired) electrons. The zero-order valence-corrected chi connectivity index (χ0v) is 14.0. The van der Waals surface area contributed by atoms with Crippen molar-refractivity contribution in [3.63, 3.8) is 0 Å². The smallest absolute Gasteiger partial charge is 0.349 e. The maximum absolute atomic E-state index is 12.5. The van der Waals surface area contributed by atoms with E-state index in [1.807, 2.05) is 0 Å². The van der Waals surface area contributed by atoms with Crippen molar-refractivity contribution in [1.29, 1.82) is 0 Å². The molecular formula is C17H12N6O4. The number of para-hydroxylation sites is 1. The van der Waals surface area contributed by atoms with Crippen LogP contribution in [0.4, 0.5) is 5.82 Å². The number of methoxy groups -OCH3 is 1. The van der Waals surface area contributed by atoms with Crippen molar-refractivity contribution >= 4 is 22.7 Å². The Morgan fingerprint density at radius 3 is 2.89 bits per heavy atom. The highest BCUT2D eigenvalue weighted by molar-refractivity contribution is 6.05. The van der Waals surface area contributed by atoms with E-state index in [0.29, 0.717) is 17.0 Å². The van der Waals surface area contributed by atoms with Gasteiger partial charge in [-0.05, 0) is 12.1 Å². The van der Waals surface area contributed by atoms with Gasteiger partial charge in [-0.1, -0.05) is 12.1 Å². The molecule has 0 aliphatic rings. The Hall–Kier alpha value is -4.08. The van der Waals surface area contributed by atoms with E-state index in [1.165, 1.54) is 42.9 Å². The van der Waals surface area contributed by atoms with Gasteiger partial charge in [0.2, 0.25) is 0 Å². The minimum Gasteiger partial charge on any atom is -0.493 e. The molecule has 4 rings (SSSR count). The van der Waals surface area contributed by atoms with Gasteiger partial charge in [-0.15, -0.1) is 0 Å². The third kappa shape index (κ3) is 3.11. The maximum Gasteiger partial charge on any atom is 0.349 e. The lowest BCUT2D eigenvalue weighted by Gasteiger charge is -2.07. The summed E-state index contributed by atoms with van der Waals surface area (Å²) in [7, 11) is 1.47. The van der Waals surface area contributed by atoms with Gasteiger partial charge in [0.15, 0.2) is 17.2 Å². The summed E-state index contributed by atoms with van der Waals surface area (Å²) in [6.07, 6.45) is 4.08. The molecule has 3 aromatic heterocycles. The topological polar surface area (TPSA) is 125 Å². The minimum atomic E-state index is -0.782. The number of nitrogens with one attached hydrogen (secondary N) is 1. The van der Waals surface area contributed by atoms with Crippen molar-refractivity contribution in [2.24, 2.45) is 0 Å². The number of carbonyl (C=O) groups is 1. The van der Waals surface area contributed by atoms with E-state index in [2.05, 4.69) is 25.4 Å². The Morgan fingerprint density at radius 1 is 1.22 bits per heavy atom. The molecule has 10 nitrogen and oxygen atoms in total. The molecule has 134 valence electrons. The highest BCUT2D eigenvalue weighted by Gasteiger charge is 2.16. The van der Waals surface area contributed by atoms with Gasteiger partial charge in [-0.2, -0.15) is 5.10 Å². The van der Waals surface area contributed by atoms with Crippen LogP contribution in [0.5, 0.6) is 5.75 Å². The van der Waals surface area contributed by atoms with E-state index < -0.39 is 11.5 Å². The molecule has 0 bridgehead atoms. The lowest BCUT2D eigenvalue weighted by atomic mass is 10.1. The van der Waals surface area contributed by atoms with Crippen molar-refractivity contribution in [2.45, 2.75) is 0 Å². The molecule has 1 amide bonds. The molecule has 0 aliphatic carbocycles. The highest BCUT2D eigenvalue weighted by atomic mass is 16.5. The number of anilines is 1. The van der Waals surface area contributed by atoms with Crippen molar-refractivity contribution in [3.8, 4) is 11.6 Å². The van der Waals surface area contributed by atoms with Gasteiger partial charge in [0, 0.05) is 11.5 Å². The molecule has 0 spiro atoms. The number of nitrogens with zero attached hydrogens (tertiary/aromatic N) is 5. The van der Waals surface area contributed by atoms with Crippen LogP contribution in [0, 0.1) is 0 Å². The fraction of sp³-hybridized carbons (Fsp3) is 0.0588. The van der Waals surface area contributed by atoms with Gasteiger partial charge in [-0.25, -0.2) is 24.4 Å². The van der Waals surface area contributed by atoms with Crippen LogP contribution in [0.25, 0.3) is 16.8 Å². The lowest BCUT2D eigenvalue weighted by Crippen LogP contribution is -2.21. The number of carbonyl (C=O) groups excluding carboxylic acids is 1. The Morgan fingerprint density at radius 2 is 2.11 bits per heavy atom. The van der Waals surface area contributed by atoms with Crippen LogP contribution in [0.2, 0.25) is 0 Å². The number of ether oxygens (including phenoxy) is 1. The summed E-state index contributed by atoms with van der Waals surface area (Å²) in [4.78, 5) is 36.6. The standard InChI is InChI=1S/C17H12N6O4/c1-26-12-4-2-3-10-5-11(17(25)27-15(10)12)16(24)22-13-6-14(20-8-19-13)23-9-18-7-21-23/h2-9H,1H3,(H,19,20,22,24). The molecule has 0 atom stereocenters. The number of rotatable bonds is 4. The summed E-state index contributed by atoms with van der Waals surface area (Å²) >= 11 is 0. The van der Waals surface area contributed by atoms with Crippen LogP contribution < -0.4 is 15.7 Å². The van der Waals surface area contributed by atoms with Gasteiger partial charge in [0.25, 0.3) is 5.91 Å². The summed E-state index contributed by atoms with van der Waals surface area (Å²) in [5.74, 6) is 0.361. The number of hydrogen-bond donors (Lipinski definition) is 1. The Kier molecular flexibility index (Phi) is 4.05. The molecule has 3 heterocycles. The van der Waals surface area contributed by atoms with Crippen molar-refractivity contribution < 1.29 is 13.9 Å². The molecule has 1 N–H and O–H groups in total. The van der Waals surface area contributed by atoms with E-state index >= 15 is 0 Å². The maximum atomic E-state index is 12.5. The molecular weight excluding hydrogens is 352 g/mol. The highest BCUT2D eigenvalue weighted by Crippen LogP contribution is 2.24. The first kappa shape index (κ1) is 16.4. The third-order valence-electron chi connectivity index (χ3n) is 3.74. The largest absolute Gasteiger partial charge is 0.493 e. The van der Waals surface area contributed by atoms with Crippen molar-refractivity contribution in [3.05, 3.63) is 65.3 Å². The number of amides is 1. The fourth-order valence-electron chi connectivity index (χ4n) is 2.49. The van der Waals surface area contributed by atoms with E-state index in [9.17, 15) is 9.59 Å². The van der Waals surface area contributed by atoms with Gasteiger partial charge in [0.05, 0.1) is 7.11 Å². The first-order chi connectivity index (χ1) is 13.2. The molecule has 10 heteroatoms. The molecule has 27 heavy (non-hydrogen) atoms. The molecule has 0 unspecified atom stereocenters. The van der Waals surface area contributed by atoms with Crippen LogP contribution in [-0.2, 0) is 0 Å². The molecule has 0 aliphatic heterocycles. The first-order valence-electron chi connectivity index (χ1n) is 7.75. The summed E-state index contributed by atoms with van der Waals surface area (Å²) in [5, 5.41) is 7.07. The molecule has 1 aromatic carbocycles. The van der Waals surface area contributed by atoms with Crippen molar-refractivity contribution in [2.75, 3.05) is 12.4 Å². The second-order valence-electron chi connectivity index (χ2n) is 5.38. The Balaban J connectivity index is 1.67. The van der Waals surface area contributed by atoms with Crippen LogP contribution in [0.15, 0.2) is 58.5 Å². The predicted octanol–water partition coefficient (Wildman–Crippen LogP) is 1.42. The number of fused-ring (bicyclic) bond motifs is 1. The van der Waals surface area contributed by atoms with Gasteiger partial charge >= 0.3 is 5.63 Å². The second kappa shape index (κ2) is 6.67. The van der Waals surface area contributed by atoms with E-state index in [4.69, 9.17) is 9.15 Å². The predicted molar refractivity (Wildman–Crippen MR) is 93.9 cm³/mol. The molecule has 0 saturated heterocycles. The fourth-order valence-corrected chi connectivity index (χ4v) is 2.49. The van der Waals surface area contributed by atoms with Gasteiger partial charge in [0.1, 0.15) is 30.4 Å². The molecule has 0 fully saturated rings. The minimum absolute atomic E-state index is 0.156. The Labute approximate surface area is 151 Å². The van der Waals surface area contributed by atoms with Crippen LogP contribution >= 0.6 is 0 Å². The van der Waals surface area contributed by atoms with Crippen LogP contribution in [-0.4, -0.2) is 37.7 Å². The SMILES string of the molecule is COc1cccc2cc(C(=O)Nc3cc(-n4cncn4)ncn3)c(=O)oc12. The average Bonchev–Trinajstić information content (AvgIpc) is 3.22. The van der Waals surface area contributed by atoms with Crippen LogP contribution in [0.3, 0.4) is 0 Å². The quantitative estimate of drug-likeness (QED) is 0.539. The summed E-state index contributed by atoms with van der Waals surface area (Å²) in [5.41, 5.74) is -0.663. The zero-order chi connectivity index (χ0) is 18.8. The normalized spacial score (nSPS) is 10.7. The van der Waals surface area contributed by atoms with E-state index in [1.54, 1.807) is 18.2 Å². The lowest BCUT2D eigenvalue weighted by molar-refractivity contribution is 0.102. The monoisotopic (exact) mass is 364 g/mol.